The summed E-state index contributed by atoms with van der Waals surface area (Å²) in [4.78, 5) is 11.0. The van der Waals surface area contributed by atoms with Gasteiger partial charge in [-0.25, -0.2) is 0 Å². The molecule has 4 nitrogen and oxygen atoms in total. The zero-order valence-corrected chi connectivity index (χ0v) is 10.9. The lowest BCUT2D eigenvalue weighted by molar-refractivity contribution is -0.274. The van der Waals surface area contributed by atoms with E-state index in [1.807, 2.05) is 0 Å². The monoisotopic (exact) mass is 291 g/mol. The predicted molar refractivity (Wildman–Crippen MR) is 66.1 cm³/mol. The molecular formula is C13H16F3NO3. The van der Waals surface area contributed by atoms with Gasteiger partial charge in [0, 0.05) is 12.5 Å². The lowest BCUT2D eigenvalue weighted by Gasteiger charge is -2.16. The maximum absolute atomic E-state index is 12.2. The van der Waals surface area contributed by atoms with E-state index >= 15 is 0 Å². The number of halogens is 3. The summed E-state index contributed by atoms with van der Waals surface area (Å²) in [5.41, 5.74) is 6.15. The van der Waals surface area contributed by atoms with E-state index in [1.165, 1.54) is 25.3 Å². The van der Waals surface area contributed by atoms with Gasteiger partial charge < -0.3 is 15.2 Å². The van der Waals surface area contributed by atoms with E-state index in [0.29, 0.717) is 12.0 Å². The maximum atomic E-state index is 12.2. The molecule has 0 saturated carbocycles. The first kappa shape index (κ1) is 16.3. The van der Waals surface area contributed by atoms with E-state index in [0.717, 1.165) is 0 Å². The average molecular weight is 291 g/mol. The number of carbonyl (C=O) groups is 1. The number of hydrogen-bond acceptors (Lipinski definition) is 4. The number of ether oxygens (including phenoxy) is 2. The van der Waals surface area contributed by atoms with E-state index < -0.39 is 18.4 Å². The molecule has 7 heteroatoms. The van der Waals surface area contributed by atoms with Crippen LogP contribution in [0.4, 0.5) is 13.2 Å². The van der Waals surface area contributed by atoms with Crippen molar-refractivity contribution in [3.63, 3.8) is 0 Å². The molecule has 0 amide bonds. The molecule has 0 spiro atoms. The number of methoxy groups -OCH3 is 1. The highest BCUT2D eigenvalue weighted by Gasteiger charge is 2.32. The fraction of sp³-hybridized carbons (Fsp3) is 0.462. The van der Waals surface area contributed by atoms with Gasteiger partial charge in [-0.15, -0.1) is 13.2 Å². The molecule has 20 heavy (non-hydrogen) atoms. The van der Waals surface area contributed by atoms with Crippen molar-refractivity contribution in [1.82, 2.24) is 0 Å². The van der Waals surface area contributed by atoms with Gasteiger partial charge in [-0.1, -0.05) is 18.2 Å². The SMILES string of the molecule is COC(=O)CCC(N)Cc1ccccc1OC(F)(F)F. The summed E-state index contributed by atoms with van der Waals surface area (Å²) in [5, 5.41) is 0. The molecule has 2 N–H and O–H groups in total. The Bertz CT molecular complexity index is 449. The molecule has 0 radical (unpaired) electrons. The molecule has 1 rings (SSSR count). The van der Waals surface area contributed by atoms with Gasteiger partial charge in [-0.2, -0.15) is 0 Å². The first-order chi connectivity index (χ1) is 9.31. The Morgan fingerprint density at radius 3 is 2.60 bits per heavy atom. The Labute approximate surface area is 114 Å². The summed E-state index contributed by atoms with van der Waals surface area (Å²) < 4.78 is 45.1. The second-order valence-corrected chi connectivity index (χ2v) is 4.23. The van der Waals surface area contributed by atoms with Crippen molar-refractivity contribution in [3.05, 3.63) is 29.8 Å². The second kappa shape index (κ2) is 7.14. The zero-order chi connectivity index (χ0) is 15.2. The summed E-state index contributed by atoms with van der Waals surface area (Å²) in [5.74, 6) is -0.672. The van der Waals surface area contributed by atoms with Crippen molar-refractivity contribution in [2.75, 3.05) is 7.11 Å². The Kier molecular flexibility index (Phi) is 5.82. The molecule has 1 atom stereocenters. The van der Waals surface area contributed by atoms with Crippen LogP contribution in [0.25, 0.3) is 0 Å². The van der Waals surface area contributed by atoms with Crippen molar-refractivity contribution in [3.8, 4) is 5.75 Å². The lowest BCUT2D eigenvalue weighted by atomic mass is 10.0. The highest BCUT2D eigenvalue weighted by molar-refractivity contribution is 5.69. The molecule has 112 valence electrons. The minimum atomic E-state index is -4.74. The fourth-order valence-electron chi connectivity index (χ4n) is 1.69. The fourth-order valence-corrected chi connectivity index (χ4v) is 1.69. The predicted octanol–water partition coefficient (Wildman–Crippen LogP) is 2.41. The highest BCUT2D eigenvalue weighted by atomic mass is 19.4. The van der Waals surface area contributed by atoms with Crippen molar-refractivity contribution in [1.29, 1.82) is 0 Å². The van der Waals surface area contributed by atoms with Gasteiger partial charge >= 0.3 is 12.3 Å². The van der Waals surface area contributed by atoms with Gasteiger partial charge in [0.25, 0.3) is 0 Å². The molecule has 0 fully saturated rings. The molecule has 0 heterocycles. The molecular weight excluding hydrogens is 275 g/mol. The van der Waals surface area contributed by atoms with Gasteiger partial charge in [-0.05, 0) is 24.5 Å². The molecule has 0 aliphatic heterocycles. The van der Waals surface area contributed by atoms with E-state index in [1.54, 1.807) is 6.07 Å². The molecule has 1 aromatic rings. The number of para-hydroxylation sites is 1. The van der Waals surface area contributed by atoms with Crippen LogP contribution in [-0.2, 0) is 16.0 Å². The van der Waals surface area contributed by atoms with Crippen LogP contribution in [0, 0.1) is 0 Å². The number of nitrogens with two attached hydrogens (primary N) is 1. The number of benzene rings is 1. The highest BCUT2D eigenvalue weighted by Crippen LogP contribution is 2.27. The minimum Gasteiger partial charge on any atom is -0.469 e. The van der Waals surface area contributed by atoms with Gasteiger partial charge in [0.2, 0.25) is 0 Å². The van der Waals surface area contributed by atoms with Crippen LogP contribution in [0.1, 0.15) is 18.4 Å². The van der Waals surface area contributed by atoms with Crippen LogP contribution in [0.2, 0.25) is 0 Å². The van der Waals surface area contributed by atoms with E-state index in [-0.39, 0.29) is 18.6 Å². The van der Waals surface area contributed by atoms with Gasteiger partial charge in [-0.3, -0.25) is 4.79 Å². The number of rotatable bonds is 6. The second-order valence-electron chi connectivity index (χ2n) is 4.23. The minimum absolute atomic E-state index is 0.125. The Hall–Kier alpha value is -1.76. The summed E-state index contributed by atoms with van der Waals surface area (Å²) in [6.07, 6.45) is -4.11. The van der Waals surface area contributed by atoms with Crippen LogP contribution in [0.3, 0.4) is 0 Å². The normalized spacial score (nSPS) is 12.8. The number of hydrogen-bond donors (Lipinski definition) is 1. The third kappa shape index (κ3) is 5.92. The third-order valence-corrected chi connectivity index (χ3v) is 2.63. The molecule has 0 aliphatic carbocycles. The molecule has 0 saturated heterocycles. The number of esters is 1. The molecule has 1 unspecified atom stereocenters. The smallest absolute Gasteiger partial charge is 0.469 e. The van der Waals surface area contributed by atoms with Gasteiger partial charge in [0.15, 0.2) is 0 Å². The van der Waals surface area contributed by atoms with Crippen LogP contribution < -0.4 is 10.5 Å². The Morgan fingerprint density at radius 2 is 2.00 bits per heavy atom. The van der Waals surface area contributed by atoms with Crippen molar-refractivity contribution in [2.45, 2.75) is 31.7 Å². The molecule has 0 bridgehead atoms. The van der Waals surface area contributed by atoms with E-state index in [9.17, 15) is 18.0 Å². The van der Waals surface area contributed by atoms with E-state index in [2.05, 4.69) is 9.47 Å². The lowest BCUT2D eigenvalue weighted by Crippen LogP contribution is -2.25. The molecule has 0 aromatic heterocycles. The zero-order valence-electron chi connectivity index (χ0n) is 10.9. The number of carbonyl (C=O) groups excluding carboxylic acids is 1. The topological polar surface area (TPSA) is 61.5 Å². The van der Waals surface area contributed by atoms with Gasteiger partial charge in [0.1, 0.15) is 5.75 Å². The van der Waals surface area contributed by atoms with Crippen LogP contribution in [0.15, 0.2) is 24.3 Å². The largest absolute Gasteiger partial charge is 0.573 e. The van der Waals surface area contributed by atoms with Crippen molar-refractivity contribution in [2.24, 2.45) is 5.73 Å². The Morgan fingerprint density at radius 1 is 1.35 bits per heavy atom. The average Bonchev–Trinajstić information content (AvgIpc) is 2.36. The first-order valence-corrected chi connectivity index (χ1v) is 5.98. The Balaban J connectivity index is 2.65. The number of alkyl halides is 3. The van der Waals surface area contributed by atoms with Crippen LogP contribution in [0.5, 0.6) is 5.75 Å². The molecule has 0 aliphatic rings. The molecule has 1 aromatic carbocycles. The summed E-state index contributed by atoms with van der Waals surface area (Å²) in [7, 11) is 1.26. The standard InChI is InChI=1S/C13H16F3NO3/c1-19-12(18)7-6-10(17)8-9-4-2-3-5-11(9)20-13(14,15)16/h2-5,10H,6-8,17H2,1H3. The van der Waals surface area contributed by atoms with Crippen LogP contribution in [-0.4, -0.2) is 25.5 Å². The quantitative estimate of drug-likeness (QED) is 0.818. The maximum Gasteiger partial charge on any atom is 0.573 e. The first-order valence-electron chi connectivity index (χ1n) is 5.98. The summed E-state index contributed by atoms with van der Waals surface area (Å²) in [6.45, 7) is 0. The van der Waals surface area contributed by atoms with Crippen molar-refractivity contribution < 1.29 is 27.4 Å². The van der Waals surface area contributed by atoms with Gasteiger partial charge in [0.05, 0.1) is 7.11 Å². The summed E-state index contributed by atoms with van der Waals surface area (Å²) in [6, 6.07) is 5.34. The summed E-state index contributed by atoms with van der Waals surface area (Å²) >= 11 is 0. The van der Waals surface area contributed by atoms with Crippen LogP contribution >= 0.6 is 0 Å². The van der Waals surface area contributed by atoms with E-state index in [4.69, 9.17) is 5.73 Å². The third-order valence-electron chi connectivity index (χ3n) is 2.63. The van der Waals surface area contributed by atoms with Crippen molar-refractivity contribution >= 4 is 5.97 Å².